The Morgan fingerprint density at radius 2 is 1.85 bits per heavy atom. The van der Waals surface area contributed by atoms with Crippen LogP contribution in [0.3, 0.4) is 0 Å². The van der Waals surface area contributed by atoms with Crippen LogP contribution in [0.1, 0.15) is 12.5 Å². The fourth-order valence-corrected chi connectivity index (χ4v) is 2.48. The largest absolute Gasteiger partial charge is 0.454 e. The second kappa shape index (κ2) is 7.97. The summed E-state index contributed by atoms with van der Waals surface area (Å²) in [5.74, 6) is 1.05. The molecule has 7 nitrogen and oxygen atoms in total. The minimum absolute atomic E-state index is 0.203. The van der Waals surface area contributed by atoms with Gasteiger partial charge in [0, 0.05) is 17.3 Å². The van der Waals surface area contributed by atoms with Crippen LogP contribution in [0.4, 0.5) is 10.5 Å². The van der Waals surface area contributed by atoms with E-state index in [-0.39, 0.29) is 12.7 Å². The number of ether oxygens (including phenoxy) is 2. The second-order valence-corrected chi connectivity index (χ2v) is 6.17. The number of urea groups is 1. The summed E-state index contributed by atoms with van der Waals surface area (Å²) in [6.45, 7) is 2.13. The summed E-state index contributed by atoms with van der Waals surface area (Å²) in [6.07, 6.45) is 0. The summed E-state index contributed by atoms with van der Waals surface area (Å²) in [5.41, 5.74) is 1.46. The van der Waals surface area contributed by atoms with Crippen molar-refractivity contribution in [2.24, 2.45) is 0 Å². The minimum Gasteiger partial charge on any atom is -0.454 e. The van der Waals surface area contributed by atoms with Crippen LogP contribution in [0, 0.1) is 0 Å². The van der Waals surface area contributed by atoms with E-state index in [1.807, 2.05) is 12.1 Å². The first-order valence-corrected chi connectivity index (χ1v) is 8.38. The summed E-state index contributed by atoms with van der Waals surface area (Å²) in [4.78, 5) is 24.1. The molecule has 0 bridgehead atoms. The number of amides is 3. The molecule has 1 heterocycles. The molecule has 136 valence electrons. The highest BCUT2D eigenvalue weighted by molar-refractivity contribution is 6.30. The zero-order valence-corrected chi connectivity index (χ0v) is 14.8. The standard InChI is InChI=1S/C18H18ClN3O4/c1-11(21-18(24)22-14-5-3-13(19)4-6-14)17(23)20-9-12-2-7-15-16(8-12)26-10-25-15/h2-8,11H,9-10H2,1H3,(H,20,23)(H2,21,22,24)/t11-/m1/s1. The minimum atomic E-state index is -0.698. The molecule has 3 amide bonds. The molecule has 1 aliphatic rings. The molecule has 0 saturated carbocycles. The van der Waals surface area contributed by atoms with Crippen molar-refractivity contribution in [3.05, 3.63) is 53.1 Å². The third-order valence-corrected chi connectivity index (χ3v) is 4.00. The first-order valence-electron chi connectivity index (χ1n) is 8.00. The molecule has 0 unspecified atom stereocenters. The predicted octanol–water partition coefficient (Wildman–Crippen LogP) is 2.90. The lowest BCUT2D eigenvalue weighted by atomic mass is 10.2. The second-order valence-electron chi connectivity index (χ2n) is 5.73. The monoisotopic (exact) mass is 375 g/mol. The fourth-order valence-electron chi connectivity index (χ4n) is 2.36. The number of hydrogen-bond donors (Lipinski definition) is 3. The van der Waals surface area contributed by atoms with Crippen LogP contribution < -0.4 is 25.4 Å². The van der Waals surface area contributed by atoms with Gasteiger partial charge in [-0.1, -0.05) is 17.7 Å². The van der Waals surface area contributed by atoms with Crippen molar-refractivity contribution in [2.45, 2.75) is 19.5 Å². The van der Waals surface area contributed by atoms with Crippen LogP contribution >= 0.6 is 11.6 Å². The van der Waals surface area contributed by atoms with Crippen molar-refractivity contribution >= 4 is 29.2 Å². The van der Waals surface area contributed by atoms with Gasteiger partial charge in [0.05, 0.1) is 0 Å². The molecule has 3 rings (SSSR count). The lowest BCUT2D eigenvalue weighted by Crippen LogP contribution is -2.46. The number of rotatable bonds is 5. The summed E-state index contributed by atoms with van der Waals surface area (Å²) in [7, 11) is 0. The molecule has 0 aromatic heterocycles. The van der Waals surface area contributed by atoms with Crippen molar-refractivity contribution < 1.29 is 19.1 Å². The van der Waals surface area contributed by atoms with Crippen LogP contribution in [0.2, 0.25) is 5.02 Å². The molecule has 1 aliphatic heterocycles. The number of carbonyl (C=O) groups is 2. The van der Waals surface area contributed by atoms with E-state index in [1.54, 1.807) is 37.3 Å². The Morgan fingerprint density at radius 3 is 2.62 bits per heavy atom. The van der Waals surface area contributed by atoms with Crippen LogP contribution in [-0.4, -0.2) is 24.8 Å². The maximum Gasteiger partial charge on any atom is 0.319 e. The van der Waals surface area contributed by atoms with E-state index < -0.39 is 12.1 Å². The molecule has 1 atom stereocenters. The van der Waals surface area contributed by atoms with Crippen LogP contribution in [0.5, 0.6) is 11.5 Å². The number of anilines is 1. The van der Waals surface area contributed by atoms with E-state index in [2.05, 4.69) is 16.0 Å². The lowest BCUT2D eigenvalue weighted by molar-refractivity contribution is -0.122. The molecule has 2 aromatic carbocycles. The first kappa shape index (κ1) is 17.9. The normalized spacial score (nSPS) is 13.0. The number of hydrogen-bond acceptors (Lipinski definition) is 4. The van der Waals surface area contributed by atoms with Crippen molar-refractivity contribution in [3.8, 4) is 11.5 Å². The van der Waals surface area contributed by atoms with Gasteiger partial charge < -0.3 is 25.4 Å². The molecular weight excluding hydrogens is 358 g/mol. The molecular formula is C18H18ClN3O4. The smallest absolute Gasteiger partial charge is 0.319 e. The Balaban J connectivity index is 1.46. The van der Waals surface area contributed by atoms with Gasteiger partial charge in [0.25, 0.3) is 0 Å². The molecule has 26 heavy (non-hydrogen) atoms. The number of benzene rings is 2. The zero-order valence-electron chi connectivity index (χ0n) is 14.0. The quantitative estimate of drug-likeness (QED) is 0.749. The van der Waals surface area contributed by atoms with Gasteiger partial charge in [0.15, 0.2) is 11.5 Å². The van der Waals surface area contributed by atoms with Crippen molar-refractivity contribution in [3.63, 3.8) is 0 Å². The maximum atomic E-state index is 12.2. The molecule has 8 heteroatoms. The zero-order chi connectivity index (χ0) is 18.5. The third kappa shape index (κ3) is 4.58. The number of carbonyl (C=O) groups excluding carboxylic acids is 2. The lowest BCUT2D eigenvalue weighted by Gasteiger charge is -2.15. The Kier molecular flexibility index (Phi) is 5.48. The number of fused-ring (bicyclic) bond motifs is 1. The van der Waals surface area contributed by atoms with Crippen molar-refractivity contribution in [1.82, 2.24) is 10.6 Å². The van der Waals surface area contributed by atoms with Crippen LogP contribution in [0.15, 0.2) is 42.5 Å². The van der Waals surface area contributed by atoms with Gasteiger partial charge >= 0.3 is 6.03 Å². The van der Waals surface area contributed by atoms with E-state index in [4.69, 9.17) is 21.1 Å². The van der Waals surface area contributed by atoms with Gasteiger partial charge in [0.2, 0.25) is 12.7 Å². The molecule has 0 spiro atoms. The van der Waals surface area contributed by atoms with Crippen LogP contribution in [0.25, 0.3) is 0 Å². The van der Waals surface area contributed by atoms with E-state index in [0.29, 0.717) is 28.8 Å². The van der Waals surface area contributed by atoms with Gasteiger partial charge in [-0.15, -0.1) is 0 Å². The van der Waals surface area contributed by atoms with Crippen molar-refractivity contribution in [2.75, 3.05) is 12.1 Å². The molecule has 0 fully saturated rings. The fraction of sp³-hybridized carbons (Fsp3) is 0.222. The van der Waals surface area contributed by atoms with E-state index >= 15 is 0 Å². The third-order valence-electron chi connectivity index (χ3n) is 3.75. The van der Waals surface area contributed by atoms with Gasteiger partial charge in [-0.25, -0.2) is 4.79 Å². The summed E-state index contributed by atoms with van der Waals surface area (Å²) >= 11 is 5.79. The average Bonchev–Trinajstić information content (AvgIpc) is 3.09. The molecule has 3 N–H and O–H groups in total. The maximum absolute atomic E-state index is 12.2. The summed E-state index contributed by atoms with van der Waals surface area (Å²) in [5, 5.41) is 8.57. The highest BCUT2D eigenvalue weighted by Gasteiger charge is 2.17. The Bertz CT molecular complexity index is 811. The van der Waals surface area contributed by atoms with E-state index in [0.717, 1.165) is 5.56 Å². The van der Waals surface area contributed by atoms with Gasteiger partial charge in [-0.2, -0.15) is 0 Å². The first-order chi connectivity index (χ1) is 12.5. The Labute approximate surface area is 155 Å². The predicted molar refractivity (Wildman–Crippen MR) is 97.5 cm³/mol. The molecule has 0 radical (unpaired) electrons. The number of halogens is 1. The molecule has 2 aromatic rings. The van der Waals surface area contributed by atoms with E-state index in [1.165, 1.54) is 0 Å². The summed E-state index contributed by atoms with van der Waals surface area (Å²) in [6, 6.07) is 11.0. The van der Waals surface area contributed by atoms with Gasteiger partial charge in [0.1, 0.15) is 6.04 Å². The number of nitrogens with one attached hydrogen (secondary N) is 3. The Hall–Kier alpha value is -2.93. The molecule has 0 aliphatic carbocycles. The van der Waals surface area contributed by atoms with Gasteiger partial charge in [-0.05, 0) is 48.9 Å². The topological polar surface area (TPSA) is 88.7 Å². The molecule has 0 saturated heterocycles. The van der Waals surface area contributed by atoms with Gasteiger partial charge in [-0.3, -0.25) is 4.79 Å². The SMILES string of the molecule is C[C@@H](NC(=O)Nc1ccc(Cl)cc1)C(=O)NCc1ccc2c(c1)OCO2. The van der Waals surface area contributed by atoms with E-state index in [9.17, 15) is 9.59 Å². The Morgan fingerprint density at radius 1 is 1.12 bits per heavy atom. The highest BCUT2D eigenvalue weighted by Crippen LogP contribution is 2.32. The highest BCUT2D eigenvalue weighted by atomic mass is 35.5. The average molecular weight is 376 g/mol. The van der Waals surface area contributed by atoms with Crippen LogP contribution in [-0.2, 0) is 11.3 Å². The van der Waals surface area contributed by atoms with Crippen molar-refractivity contribution in [1.29, 1.82) is 0 Å². The summed E-state index contributed by atoms with van der Waals surface area (Å²) < 4.78 is 10.5.